The number of ether oxygens (including phenoxy) is 2. The molecule has 0 N–H and O–H groups in total. The van der Waals surface area contributed by atoms with Crippen molar-refractivity contribution in [2.24, 2.45) is 0 Å². The average molecular weight is 144 g/mol. The van der Waals surface area contributed by atoms with E-state index >= 15 is 0 Å². The Hall–Kier alpha value is -0.500. The van der Waals surface area contributed by atoms with Gasteiger partial charge in [-0.15, -0.1) is 0 Å². The fraction of sp³-hybridized carbons (Fsp3) is 0.750. The van der Waals surface area contributed by atoms with Crippen LogP contribution in [-0.4, -0.2) is 20.3 Å². The van der Waals surface area contributed by atoms with Crippen LogP contribution in [0.4, 0.5) is 0 Å². The molecule has 2 heteroatoms. The number of hydrogen-bond donors (Lipinski definition) is 0. The molecule has 0 aromatic carbocycles. The van der Waals surface area contributed by atoms with E-state index in [0.29, 0.717) is 0 Å². The molecular weight excluding hydrogens is 128 g/mol. The van der Waals surface area contributed by atoms with Gasteiger partial charge in [0.05, 0.1) is 19.0 Å². The predicted molar refractivity (Wildman–Crippen MR) is 41.9 cm³/mol. The molecule has 0 saturated carbocycles. The topological polar surface area (TPSA) is 18.5 Å². The van der Waals surface area contributed by atoms with E-state index in [2.05, 4.69) is 0 Å². The highest BCUT2D eigenvalue weighted by molar-refractivity contribution is 5.07. The zero-order valence-electron chi connectivity index (χ0n) is 7.39. The van der Waals surface area contributed by atoms with Crippen LogP contribution in [0, 0.1) is 0 Å². The second-order valence-corrected chi connectivity index (χ2v) is 2.32. The summed E-state index contributed by atoms with van der Waals surface area (Å²) in [6.45, 7) is 5.94. The van der Waals surface area contributed by atoms with Crippen molar-refractivity contribution in [1.29, 1.82) is 0 Å². The highest BCUT2D eigenvalue weighted by Gasteiger charge is 2.04. The quantitative estimate of drug-likeness (QED) is 0.564. The fourth-order valence-electron chi connectivity index (χ4n) is 0.624. The molecule has 0 saturated heterocycles. The van der Waals surface area contributed by atoms with Gasteiger partial charge in [0.1, 0.15) is 0 Å². The molecule has 0 aliphatic heterocycles. The minimum absolute atomic E-state index is 0.153. The van der Waals surface area contributed by atoms with Crippen LogP contribution in [0.2, 0.25) is 0 Å². The van der Waals surface area contributed by atoms with Crippen LogP contribution in [0.3, 0.4) is 0 Å². The van der Waals surface area contributed by atoms with Crippen molar-refractivity contribution >= 4 is 0 Å². The van der Waals surface area contributed by atoms with E-state index < -0.39 is 0 Å². The first-order valence-electron chi connectivity index (χ1n) is 3.37. The highest BCUT2D eigenvalue weighted by Crippen LogP contribution is 2.10. The maximum Gasteiger partial charge on any atom is 0.0939 e. The molecule has 0 fully saturated rings. The molecule has 0 spiro atoms. The van der Waals surface area contributed by atoms with Gasteiger partial charge in [-0.25, -0.2) is 0 Å². The van der Waals surface area contributed by atoms with E-state index in [4.69, 9.17) is 9.47 Å². The van der Waals surface area contributed by atoms with Crippen molar-refractivity contribution in [3.05, 3.63) is 11.3 Å². The minimum Gasteiger partial charge on any atom is -0.501 e. The van der Waals surface area contributed by atoms with Crippen LogP contribution in [0.1, 0.15) is 20.8 Å². The van der Waals surface area contributed by atoms with Crippen molar-refractivity contribution in [2.75, 3.05) is 14.2 Å². The van der Waals surface area contributed by atoms with Crippen LogP contribution >= 0.6 is 0 Å². The molecule has 60 valence electrons. The summed E-state index contributed by atoms with van der Waals surface area (Å²) in [4.78, 5) is 0. The monoisotopic (exact) mass is 144 g/mol. The molecule has 0 aromatic heterocycles. The minimum atomic E-state index is 0.153. The molecular formula is C8H16O2. The number of methoxy groups -OCH3 is 2. The summed E-state index contributed by atoms with van der Waals surface area (Å²) in [5.41, 5.74) is 1.14. The van der Waals surface area contributed by atoms with Crippen molar-refractivity contribution < 1.29 is 9.47 Å². The Bertz CT molecular complexity index is 127. The first-order chi connectivity index (χ1) is 4.63. The van der Waals surface area contributed by atoms with Gasteiger partial charge in [0.15, 0.2) is 0 Å². The summed E-state index contributed by atoms with van der Waals surface area (Å²) in [5.74, 6) is 0.939. The van der Waals surface area contributed by atoms with Gasteiger partial charge in [0.2, 0.25) is 0 Å². The Morgan fingerprint density at radius 3 is 2.00 bits per heavy atom. The Morgan fingerprint density at radius 1 is 1.20 bits per heavy atom. The van der Waals surface area contributed by atoms with Gasteiger partial charge in [0, 0.05) is 7.11 Å². The Labute approximate surface area is 62.8 Å². The van der Waals surface area contributed by atoms with Crippen LogP contribution in [0.25, 0.3) is 0 Å². The lowest BCUT2D eigenvalue weighted by Crippen LogP contribution is -2.08. The molecule has 0 amide bonds. The molecule has 0 aromatic rings. The second kappa shape index (κ2) is 4.34. The summed E-state index contributed by atoms with van der Waals surface area (Å²) in [6.07, 6.45) is 0.153. The zero-order chi connectivity index (χ0) is 8.15. The molecule has 0 rings (SSSR count). The van der Waals surface area contributed by atoms with Crippen molar-refractivity contribution in [3.8, 4) is 0 Å². The van der Waals surface area contributed by atoms with Gasteiger partial charge in [-0.3, -0.25) is 0 Å². The molecule has 1 unspecified atom stereocenters. The van der Waals surface area contributed by atoms with Gasteiger partial charge >= 0.3 is 0 Å². The lowest BCUT2D eigenvalue weighted by Gasteiger charge is -2.12. The third kappa shape index (κ3) is 2.40. The Kier molecular flexibility index (Phi) is 4.12. The molecule has 2 nitrogen and oxygen atoms in total. The standard InChI is InChI=1S/C8H16O2/c1-6(7(2)9-4)8(3)10-5/h7H,1-5H3. The maximum atomic E-state index is 5.10. The van der Waals surface area contributed by atoms with Crippen molar-refractivity contribution in [2.45, 2.75) is 26.9 Å². The SMILES string of the molecule is COC(C)=C(C)C(C)OC. The van der Waals surface area contributed by atoms with Gasteiger partial charge < -0.3 is 9.47 Å². The zero-order valence-corrected chi connectivity index (χ0v) is 7.39. The molecule has 1 atom stereocenters. The lowest BCUT2D eigenvalue weighted by molar-refractivity contribution is 0.139. The fourth-order valence-corrected chi connectivity index (χ4v) is 0.624. The molecule has 0 bridgehead atoms. The van der Waals surface area contributed by atoms with E-state index in [9.17, 15) is 0 Å². The van der Waals surface area contributed by atoms with Crippen LogP contribution in [-0.2, 0) is 9.47 Å². The van der Waals surface area contributed by atoms with Crippen molar-refractivity contribution in [1.82, 2.24) is 0 Å². The van der Waals surface area contributed by atoms with Gasteiger partial charge in [-0.1, -0.05) is 0 Å². The predicted octanol–water partition coefficient (Wildman–Crippen LogP) is 1.96. The average Bonchev–Trinajstić information content (AvgIpc) is 2.00. The summed E-state index contributed by atoms with van der Waals surface area (Å²) in [6, 6.07) is 0. The van der Waals surface area contributed by atoms with E-state index in [0.717, 1.165) is 11.3 Å². The molecule has 10 heavy (non-hydrogen) atoms. The highest BCUT2D eigenvalue weighted by atomic mass is 16.5. The second-order valence-electron chi connectivity index (χ2n) is 2.32. The Balaban J connectivity index is 4.15. The smallest absolute Gasteiger partial charge is 0.0939 e. The number of hydrogen-bond acceptors (Lipinski definition) is 2. The van der Waals surface area contributed by atoms with Gasteiger partial charge in [-0.05, 0) is 26.3 Å². The summed E-state index contributed by atoms with van der Waals surface area (Å²) < 4.78 is 10.1. The van der Waals surface area contributed by atoms with Crippen molar-refractivity contribution in [3.63, 3.8) is 0 Å². The number of allylic oxidation sites excluding steroid dienone is 1. The maximum absolute atomic E-state index is 5.10. The third-order valence-corrected chi connectivity index (χ3v) is 1.82. The molecule has 0 aliphatic carbocycles. The van der Waals surface area contributed by atoms with Crippen LogP contribution < -0.4 is 0 Å². The molecule has 0 radical (unpaired) electrons. The largest absolute Gasteiger partial charge is 0.501 e. The normalized spacial score (nSPS) is 16.1. The van der Waals surface area contributed by atoms with Gasteiger partial charge in [-0.2, -0.15) is 0 Å². The third-order valence-electron chi connectivity index (χ3n) is 1.82. The van der Waals surface area contributed by atoms with E-state index in [-0.39, 0.29) is 6.10 Å². The molecule has 0 heterocycles. The van der Waals surface area contributed by atoms with E-state index in [1.54, 1.807) is 14.2 Å². The van der Waals surface area contributed by atoms with Crippen LogP contribution in [0.5, 0.6) is 0 Å². The summed E-state index contributed by atoms with van der Waals surface area (Å²) in [7, 11) is 3.36. The Morgan fingerprint density at radius 2 is 1.70 bits per heavy atom. The first-order valence-corrected chi connectivity index (χ1v) is 3.37. The number of rotatable bonds is 3. The summed E-state index contributed by atoms with van der Waals surface area (Å²) >= 11 is 0. The van der Waals surface area contributed by atoms with Crippen LogP contribution in [0.15, 0.2) is 11.3 Å². The summed E-state index contributed by atoms with van der Waals surface area (Å²) in [5, 5.41) is 0. The van der Waals surface area contributed by atoms with E-state index in [1.807, 2.05) is 20.8 Å². The molecule has 0 aliphatic rings. The first kappa shape index (κ1) is 9.50. The van der Waals surface area contributed by atoms with E-state index in [1.165, 1.54) is 0 Å². The van der Waals surface area contributed by atoms with Gasteiger partial charge in [0.25, 0.3) is 0 Å². The lowest BCUT2D eigenvalue weighted by atomic mass is 10.2.